The summed E-state index contributed by atoms with van der Waals surface area (Å²) in [7, 11) is 0. The number of thiazole rings is 1. The second kappa shape index (κ2) is 4.31. The van der Waals surface area contributed by atoms with E-state index in [4.69, 9.17) is 11.6 Å². The van der Waals surface area contributed by atoms with Crippen LogP contribution >= 0.6 is 22.9 Å². The van der Waals surface area contributed by atoms with Crippen LogP contribution in [0.25, 0.3) is 10.6 Å². The highest BCUT2D eigenvalue weighted by Crippen LogP contribution is 2.28. The van der Waals surface area contributed by atoms with Crippen LogP contribution in [0.3, 0.4) is 0 Å². The van der Waals surface area contributed by atoms with E-state index >= 15 is 0 Å². The van der Waals surface area contributed by atoms with Crippen molar-refractivity contribution in [2.24, 2.45) is 0 Å². The molecule has 16 heavy (non-hydrogen) atoms. The van der Waals surface area contributed by atoms with E-state index in [2.05, 4.69) is 4.98 Å². The summed E-state index contributed by atoms with van der Waals surface area (Å²) in [6.45, 7) is 1.42. The van der Waals surface area contributed by atoms with Gasteiger partial charge in [0.05, 0.1) is 0 Å². The molecule has 2 nitrogen and oxygen atoms in total. The standard InChI is InChI=1S/C11H7ClFNOS/c1-6(15)10-5-16-11(14-10)8-4-7(12)2-3-9(8)13/h2-5H,1H3. The molecule has 0 fully saturated rings. The summed E-state index contributed by atoms with van der Waals surface area (Å²) >= 11 is 7.00. The highest BCUT2D eigenvalue weighted by atomic mass is 35.5. The quantitative estimate of drug-likeness (QED) is 0.764. The molecule has 1 aromatic carbocycles. The molecule has 82 valence electrons. The van der Waals surface area contributed by atoms with Gasteiger partial charge in [-0.05, 0) is 18.2 Å². The number of rotatable bonds is 2. The Balaban J connectivity index is 2.50. The molecule has 0 spiro atoms. The number of benzene rings is 1. The zero-order valence-electron chi connectivity index (χ0n) is 8.33. The first-order valence-electron chi connectivity index (χ1n) is 4.50. The predicted octanol–water partition coefficient (Wildman–Crippen LogP) is 3.81. The first-order chi connectivity index (χ1) is 7.58. The van der Waals surface area contributed by atoms with Crippen molar-refractivity contribution in [2.45, 2.75) is 6.92 Å². The smallest absolute Gasteiger partial charge is 0.178 e. The average Bonchev–Trinajstić information content (AvgIpc) is 2.70. The zero-order valence-corrected chi connectivity index (χ0v) is 9.90. The maximum absolute atomic E-state index is 13.5. The van der Waals surface area contributed by atoms with Gasteiger partial charge in [-0.15, -0.1) is 11.3 Å². The molecular weight excluding hydrogens is 249 g/mol. The summed E-state index contributed by atoms with van der Waals surface area (Å²) in [4.78, 5) is 15.1. The van der Waals surface area contributed by atoms with Gasteiger partial charge in [0.2, 0.25) is 0 Å². The Labute approximate surface area is 101 Å². The molecule has 5 heteroatoms. The lowest BCUT2D eigenvalue weighted by molar-refractivity contribution is 0.101. The second-order valence-electron chi connectivity index (χ2n) is 3.22. The predicted molar refractivity (Wildman–Crippen MR) is 62.5 cm³/mol. The van der Waals surface area contributed by atoms with Crippen molar-refractivity contribution < 1.29 is 9.18 Å². The Hall–Kier alpha value is -1.26. The minimum Gasteiger partial charge on any atom is -0.293 e. The fraction of sp³-hybridized carbons (Fsp3) is 0.0909. The molecule has 0 atom stereocenters. The van der Waals surface area contributed by atoms with Gasteiger partial charge in [-0.3, -0.25) is 4.79 Å². The fourth-order valence-electron chi connectivity index (χ4n) is 1.22. The molecule has 0 aliphatic heterocycles. The number of aromatic nitrogens is 1. The van der Waals surface area contributed by atoms with Crippen molar-refractivity contribution in [3.05, 3.63) is 40.1 Å². The number of ketones is 1. The van der Waals surface area contributed by atoms with Crippen LogP contribution in [0.1, 0.15) is 17.4 Å². The van der Waals surface area contributed by atoms with Crippen molar-refractivity contribution in [3.63, 3.8) is 0 Å². The van der Waals surface area contributed by atoms with Gasteiger partial charge < -0.3 is 0 Å². The number of hydrogen-bond donors (Lipinski definition) is 0. The van der Waals surface area contributed by atoms with Gasteiger partial charge in [-0.25, -0.2) is 9.37 Å². The molecular formula is C11H7ClFNOS. The molecule has 0 N–H and O–H groups in total. The molecule has 0 unspecified atom stereocenters. The third-order valence-electron chi connectivity index (χ3n) is 2.02. The van der Waals surface area contributed by atoms with E-state index < -0.39 is 5.82 Å². The number of halogens is 2. The topological polar surface area (TPSA) is 30.0 Å². The van der Waals surface area contributed by atoms with Crippen LogP contribution in [0.2, 0.25) is 5.02 Å². The number of carbonyl (C=O) groups is 1. The minimum absolute atomic E-state index is 0.134. The van der Waals surface area contributed by atoms with Gasteiger partial charge in [0, 0.05) is 22.9 Å². The van der Waals surface area contributed by atoms with E-state index in [1.807, 2.05) is 0 Å². The lowest BCUT2D eigenvalue weighted by atomic mass is 10.2. The third-order valence-corrected chi connectivity index (χ3v) is 3.13. The summed E-state index contributed by atoms with van der Waals surface area (Å²) in [5.74, 6) is -0.529. The van der Waals surface area contributed by atoms with Crippen LogP contribution < -0.4 is 0 Å². The van der Waals surface area contributed by atoms with Crippen LogP contribution in [0, 0.1) is 5.82 Å². The van der Waals surface area contributed by atoms with Crippen LogP contribution in [-0.2, 0) is 0 Å². The average molecular weight is 256 g/mol. The molecule has 0 saturated heterocycles. The summed E-state index contributed by atoms with van der Waals surface area (Å²) < 4.78 is 13.5. The molecule has 0 aliphatic carbocycles. The SMILES string of the molecule is CC(=O)c1csc(-c2cc(Cl)ccc2F)n1. The Morgan fingerprint density at radius 2 is 2.25 bits per heavy atom. The van der Waals surface area contributed by atoms with Gasteiger partial charge >= 0.3 is 0 Å². The van der Waals surface area contributed by atoms with E-state index in [9.17, 15) is 9.18 Å². The number of nitrogens with zero attached hydrogens (tertiary/aromatic N) is 1. The van der Waals surface area contributed by atoms with Crippen molar-refractivity contribution >= 4 is 28.7 Å². The zero-order chi connectivity index (χ0) is 11.7. The van der Waals surface area contributed by atoms with E-state index in [0.717, 1.165) is 0 Å². The van der Waals surface area contributed by atoms with Gasteiger partial charge in [-0.2, -0.15) is 0 Å². The molecule has 1 heterocycles. The van der Waals surface area contributed by atoms with Gasteiger partial charge in [0.25, 0.3) is 0 Å². The monoisotopic (exact) mass is 255 g/mol. The Morgan fingerprint density at radius 1 is 1.50 bits per heavy atom. The van der Waals surface area contributed by atoms with Gasteiger partial charge in [0.15, 0.2) is 5.78 Å². The normalized spacial score (nSPS) is 10.4. The number of Topliss-reactive ketones (excluding diaryl/α,β-unsaturated/α-hetero) is 1. The van der Waals surface area contributed by atoms with Crippen molar-refractivity contribution in [3.8, 4) is 10.6 Å². The minimum atomic E-state index is -0.395. The largest absolute Gasteiger partial charge is 0.293 e. The van der Waals surface area contributed by atoms with E-state index in [0.29, 0.717) is 21.3 Å². The second-order valence-corrected chi connectivity index (χ2v) is 4.51. The molecule has 2 rings (SSSR count). The maximum atomic E-state index is 13.5. The fourth-order valence-corrected chi connectivity index (χ4v) is 2.27. The van der Waals surface area contributed by atoms with E-state index in [-0.39, 0.29) is 5.78 Å². The van der Waals surface area contributed by atoms with Crippen LogP contribution in [0.15, 0.2) is 23.6 Å². The van der Waals surface area contributed by atoms with Crippen LogP contribution in [0.4, 0.5) is 4.39 Å². The van der Waals surface area contributed by atoms with Crippen molar-refractivity contribution in [1.82, 2.24) is 4.98 Å². The van der Waals surface area contributed by atoms with Crippen molar-refractivity contribution in [2.75, 3.05) is 0 Å². The molecule has 1 aromatic heterocycles. The highest BCUT2D eigenvalue weighted by Gasteiger charge is 2.12. The van der Waals surface area contributed by atoms with Gasteiger partial charge in [-0.1, -0.05) is 11.6 Å². The molecule has 0 bridgehead atoms. The van der Waals surface area contributed by atoms with E-state index in [1.165, 1.54) is 36.5 Å². The number of carbonyl (C=O) groups excluding carboxylic acids is 1. The summed E-state index contributed by atoms with van der Waals surface area (Å²) in [5, 5.41) is 2.51. The Morgan fingerprint density at radius 3 is 2.88 bits per heavy atom. The van der Waals surface area contributed by atoms with E-state index in [1.54, 1.807) is 5.38 Å². The Kier molecular flexibility index (Phi) is 3.03. The molecule has 0 saturated carbocycles. The molecule has 2 aromatic rings. The summed E-state index contributed by atoms with van der Waals surface area (Å²) in [5.41, 5.74) is 0.671. The first-order valence-corrected chi connectivity index (χ1v) is 5.75. The third kappa shape index (κ3) is 2.13. The summed E-state index contributed by atoms with van der Waals surface area (Å²) in [6, 6.07) is 4.26. The van der Waals surface area contributed by atoms with Gasteiger partial charge in [0.1, 0.15) is 16.5 Å². The Bertz CT molecular complexity index is 553. The molecule has 0 radical (unpaired) electrons. The first kappa shape index (κ1) is 11.2. The lowest BCUT2D eigenvalue weighted by Crippen LogP contribution is -1.92. The number of hydrogen-bond acceptors (Lipinski definition) is 3. The lowest BCUT2D eigenvalue weighted by Gasteiger charge is -1.99. The van der Waals surface area contributed by atoms with Crippen LogP contribution in [-0.4, -0.2) is 10.8 Å². The molecule has 0 amide bonds. The van der Waals surface area contributed by atoms with Crippen molar-refractivity contribution in [1.29, 1.82) is 0 Å². The maximum Gasteiger partial charge on any atom is 0.178 e. The highest BCUT2D eigenvalue weighted by molar-refractivity contribution is 7.13. The summed E-state index contributed by atoms with van der Waals surface area (Å²) in [6.07, 6.45) is 0. The van der Waals surface area contributed by atoms with Crippen LogP contribution in [0.5, 0.6) is 0 Å². The molecule has 0 aliphatic rings.